The van der Waals surface area contributed by atoms with Crippen molar-refractivity contribution in [3.63, 3.8) is 0 Å². The van der Waals surface area contributed by atoms with Gasteiger partial charge in [-0.15, -0.1) is 0 Å². The Hall–Kier alpha value is -0.770. The van der Waals surface area contributed by atoms with Crippen molar-refractivity contribution in [1.29, 1.82) is 0 Å². The van der Waals surface area contributed by atoms with E-state index in [4.69, 9.17) is 11.6 Å². The summed E-state index contributed by atoms with van der Waals surface area (Å²) >= 11 is 6.46. The minimum atomic E-state index is 0.286. The number of nitrogens with one attached hydrogen (secondary N) is 1. The molecule has 1 aromatic rings. The van der Waals surface area contributed by atoms with E-state index in [1.807, 2.05) is 7.05 Å². The zero-order valence-corrected chi connectivity index (χ0v) is 14.5. The van der Waals surface area contributed by atoms with Crippen LogP contribution in [0.1, 0.15) is 38.8 Å². The average molecular weight is 310 g/mol. The standard InChI is InChI=1S/C17H28ClN3/c1-5-20(6-2)15-9-10-21(12-15)14-7-8-16(13(3)19-4)17(18)11-14/h7-8,11,13,15,19H,5-6,9-10,12H2,1-4H3. The number of benzene rings is 1. The molecule has 0 aliphatic carbocycles. The summed E-state index contributed by atoms with van der Waals surface area (Å²) in [6.07, 6.45) is 1.24. The highest BCUT2D eigenvalue weighted by Gasteiger charge is 2.26. The normalized spacial score (nSPS) is 20.3. The third-order valence-corrected chi connectivity index (χ3v) is 5.07. The topological polar surface area (TPSA) is 18.5 Å². The molecule has 0 saturated carbocycles. The molecule has 1 fully saturated rings. The van der Waals surface area contributed by atoms with Crippen LogP contribution >= 0.6 is 11.6 Å². The van der Waals surface area contributed by atoms with Crippen LogP contribution in [0.5, 0.6) is 0 Å². The van der Waals surface area contributed by atoms with Gasteiger partial charge in [-0.1, -0.05) is 31.5 Å². The highest BCUT2D eigenvalue weighted by atomic mass is 35.5. The minimum absolute atomic E-state index is 0.286. The first kappa shape index (κ1) is 16.6. The molecule has 118 valence electrons. The van der Waals surface area contributed by atoms with E-state index in [2.05, 4.69) is 54.1 Å². The van der Waals surface area contributed by atoms with Crippen molar-refractivity contribution < 1.29 is 0 Å². The maximum atomic E-state index is 6.46. The van der Waals surface area contributed by atoms with Crippen LogP contribution in [0.25, 0.3) is 0 Å². The number of hydrogen-bond donors (Lipinski definition) is 1. The first-order chi connectivity index (χ1) is 10.1. The highest BCUT2D eigenvalue weighted by molar-refractivity contribution is 6.31. The Bertz CT molecular complexity index is 459. The number of nitrogens with zero attached hydrogens (tertiary/aromatic N) is 2. The highest BCUT2D eigenvalue weighted by Crippen LogP contribution is 2.30. The zero-order chi connectivity index (χ0) is 15.4. The number of rotatable bonds is 6. The summed E-state index contributed by atoms with van der Waals surface area (Å²) in [6, 6.07) is 7.45. The van der Waals surface area contributed by atoms with E-state index in [0.717, 1.165) is 31.2 Å². The summed E-state index contributed by atoms with van der Waals surface area (Å²) < 4.78 is 0. The van der Waals surface area contributed by atoms with Gasteiger partial charge in [0.25, 0.3) is 0 Å². The summed E-state index contributed by atoms with van der Waals surface area (Å²) in [5.41, 5.74) is 2.42. The fourth-order valence-electron chi connectivity index (χ4n) is 3.23. The second kappa shape index (κ2) is 7.48. The van der Waals surface area contributed by atoms with Crippen LogP contribution < -0.4 is 10.2 Å². The molecule has 2 atom stereocenters. The van der Waals surface area contributed by atoms with Crippen molar-refractivity contribution in [1.82, 2.24) is 10.2 Å². The first-order valence-corrected chi connectivity index (χ1v) is 8.44. The van der Waals surface area contributed by atoms with Crippen LogP contribution in [-0.4, -0.2) is 44.2 Å². The van der Waals surface area contributed by atoms with Crippen LogP contribution in [0.15, 0.2) is 18.2 Å². The van der Waals surface area contributed by atoms with Crippen LogP contribution in [0.3, 0.4) is 0 Å². The number of hydrogen-bond acceptors (Lipinski definition) is 3. The molecule has 1 aliphatic rings. The smallest absolute Gasteiger partial charge is 0.0474 e. The van der Waals surface area contributed by atoms with Crippen molar-refractivity contribution in [2.45, 2.75) is 39.3 Å². The predicted molar refractivity (Wildman–Crippen MR) is 92.5 cm³/mol. The van der Waals surface area contributed by atoms with E-state index in [1.54, 1.807) is 0 Å². The average Bonchev–Trinajstić information content (AvgIpc) is 2.97. The van der Waals surface area contributed by atoms with Crippen molar-refractivity contribution in [2.24, 2.45) is 0 Å². The molecule has 0 spiro atoms. The second-order valence-corrected chi connectivity index (χ2v) is 6.23. The number of likely N-dealkylation sites (N-methyl/N-ethyl adjacent to an activating group) is 1. The molecule has 1 saturated heterocycles. The van der Waals surface area contributed by atoms with Gasteiger partial charge in [0.2, 0.25) is 0 Å². The predicted octanol–water partition coefficient (Wildman–Crippen LogP) is 3.54. The lowest BCUT2D eigenvalue weighted by molar-refractivity contribution is 0.232. The van der Waals surface area contributed by atoms with Crippen LogP contribution in [0, 0.1) is 0 Å². The van der Waals surface area contributed by atoms with Gasteiger partial charge in [0, 0.05) is 35.9 Å². The zero-order valence-electron chi connectivity index (χ0n) is 13.7. The second-order valence-electron chi connectivity index (χ2n) is 5.83. The molecule has 0 bridgehead atoms. The van der Waals surface area contributed by atoms with Crippen molar-refractivity contribution >= 4 is 17.3 Å². The molecule has 2 rings (SSSR count). The van der Waals surface area contributed by atoms with E-state index < -0.39 is 0 Å². The fourth-order valence-corrected chi connectivity index (χ4v) is 3.57. The van der Waals surface area contributed by atoms with E-state index in [1.165, 1.54) is 17.7 Å². The van der Waals surface area contributed by atoms with Gasteiger partial charge in [0.05, 0.1) is 0 Å². The molecule has 3 nitrogen and oxygen atoms in total. The summed E-state index contributed by atoms with van der Waals surface area (Å²) in [7, 11) is 1.96. The van der Waals surface area contributed by atoms with E-state index in [9.17, 15) is 0 Å². The lowest BCUT2D eigenvalue weighted by atomic mass is 10.1. The van der Waals surface area contributed by atoms with Crippen molar-refractivity contribution in [2.75, 3.05) is 38.1 Å². The Morgan fingerprint density at radius 3 is 2.67 bits per heavy atom. The molecule has 0 radical (unpaired) electrons. The summed E-state index contributed by atoms with van der Waals surface area (Å²) in [4.78, 5) is 5.02. The Morgan fingerprint density at radius 1 is 1.38 bits per heavy atom. The quantitative estimate of drug-likeness (QED) is 0.867. The van der Waals surface area contributed by atoms with Crippen LogP contribution in [-0.2, 0) is 0 Å². The summed E-state index contributed by atoms with van der Waals surface area (Å²) in [6.45, 7) is 11.1. The molecule has 1 aliphatic heterocycles. The SMILES string of the molecule is CCN(CC)C1CCN(c2ccc(C(C)NC)c(Cl)c2)C1. The largest absolute Gasteiger partial charge is 0.370 e. The van der Waals surface area contributed by atoms with E-state index >= 15 is 0 Å². The van der Waals surface area contributed by atoms with Gasteiger partial charge in [-0.25, -0.2) is 0 Å². The Kier molecular flexibility index (Phi) is 5.91. The van der Waals surface area contributed by atoms with Gasteiger partial charge in [0.1, 0.15) is 0 Å². The molecular formula is C17H28ClN3. The number of anilines is 1. The first-order valence-electron chi connectivity index (χ1n) is 8.06. The Balaban J connectivity index is 2.08. The van der Waals surface area contributed by atoms with Gasteiger partial charge in [-0.3, -0.25) is 4.90 Å². The van der Waals surface area contributed by atoms with Crippen molar-refractivity contribution in [3.05, 3.63) is 28.8 Å². The van der Waals surface area contributed by atoms with Gasteiger partial charge in [0.15, 0.2) is 0 Å². The molecule has 2 unspecified atom stereocenters. The minimum Gasteiger partial charge on any atom is -0.370 e. The van der Waals surface area contributed by atoms with Gasteiger partial charge >= 0.3 is 0 Å². The molecular weight excluding hydrogens is 282 g/mol. The molecule has 1 N–H and O–H groups in total. The molecule has 1 heterocycles. The van der Waals surface area contributed by atoms with E-state index in [0.29, 0.717) is 6.04 Å². The van der Waals surface area contributed by atoms with Crippen LogP contribution in [0.2, 0.25) is 5.02 Å². The maximum absolute atomic E-state index is 6.46. The lowest BCUT2D eigenvalue weighted by Crippen LogP contribution is -2.37. The van der Waals surface area contributed by atoms with Gasteiger partial charge < -0.3 is 10.2 Å². The summed E-state index contributed by atoms with van der Waals surface area (Å²) in [5, 5.41) is 4.11. The monoisotopic (exact) mass is 309 g/mol. The molecule has 0 amide bonds. The van der Waals surface area contributed by atoms with Gasteiger partial charge in [-0.05, 0) is 51.2 Å². The Labute approximate surface area is 134 Å². The van der Waals surface area contributed by atoms with E-state index in [-0.39, 0.29) is 6.04 Å². The fraction of sp³-hybridized carbons (Fsp3) is 0.647. The van der Waals surface area contributed by atoms with Gasteiger partial charge in [-0.2, -0.15) is 0 Å². The molecule has 1 aromatic carbocycles. The molecule has 4 heteroatoms. The molecule has 0 aromatic heterocycles. The third kappa shape index (κ3) is 3.71. The maximum Gasteiger partial charge on any atom is 0.0474 e. The Morgan fingerprint density at radius 2 is 2.10 bits per heavy atom. The van der Waals surface area contributed by atoms with Crippen LogP contribution in [0.4, 0.5) is 5.69 Å². The lowest BCUT2D eigenvalue weighted by Gasteiger charge is -2.27. The van der Waals surface area contributed by atoms with Crippen molar-refractivity contribution in [3.8, 4) is 0 Å². The third-order valence-electron chi connectivity index (χ3n) is 4.74. The molecule has 21 heavy (non-hydrogen) atoms. The summed E-state index contributed by atoms with van der Waals surface area (Å²) in [5.74, 6) is 0. The number of halogens is 1.